The van der Waals surface area contributed by atoms with Crippen LogP contribution in [0.3, 0.4) is 0 Å². The Kier molecular flexibility index (Phi) is 2.93. The third kappa shape index (κ3) is 2.36. The van der Waals surface area contributed by atoms with Crippen LogP contribution in [0, 0.1) is 0 Å². The highest BCUT2D eigenvalue weighted by Crippen LogP contribution is 2.19. The second-order valence-electron chi connectivity index (χ2n) is 4.50. The van der Waals surface area contributed by atoms with Gasteiger partial charge >= 0.3 is 0 Å². The molecule has 1 unspecified atom stereocenters. The Labute approximate surface area is 91.4 Å². The molecular formula is C10H19N3S. The highest BCUT2D eigenvalue weighted by atomic mass is 32.1. The highest BCUT2D eigenvalue weighted by molar-refractivity contribution is 7.80. The monoisotopic (exact) mass is 213 g/mol. The highest BCUT2D eigenvalue weighted by Gasteiger charge is 2.26. The van der Waals surface area contributed by atoms with Crippen molar-refractivity contribution in [3.63, 3.8) is 0 Å². The third-order valence-corrected chi connectivity index (χ3v) is 3.53. The molecule has 0 aromatic rings. The minimum atomic E-state index is 0.614. The first kappa shape index (κ1) is 10.2. The van der Waals surface area contributed by atoms with Crippen LogP contribution in [-0.4, -0.2) is 53.7 Å². The van der Waals surface area contributed by atoms with Crippen molar-refractivity contribution in [3.8, 4) is 0 Å². The smallest absolute Gasteiger partial charge is 0.169 e. The summed E-state index contributed by atoms with van der Waals surface area (Å²) in [7, 11) is 2.18. The van der Waals surface area contributed by atoms with E-state index in [-0.39, 0.29) is 0 Å². The van der Waals surface area contributed by atoms with Crippen LogP contribution in [0.15, 0.2) is 0 Å². The number of thiocarbonyl (C=S) groups is 1. The summed E-state index contributed by atoms with van der Waals surface area (Å²) in [6, 6.07) is 1.29. The fourth-order valence-electron chi connectivity index (χ4n) is 1.73. The summed E-state index contributed by atoms with van der Waals surface area (Å²) in [4.78, 5) is 4.69. The maximum Gasteiger partial charge on any atom is 0.169 e. The lowest BCUT2D eigenvalue weighted by molar-refractivity contribution is 0.152. The molecule has 4 heteroatoms. The van der Waals surface area contributed by atoms with Gasteiger partial charge in [0.15, 0.2) is 5.11 Å². The molecule has 0 aromatic heterocycles. The van der Waals surface area contributed by atoms with E-state index < -0.39 is 0 Å². The van der Waals surface area contributed by atoms with Gasteiger partial charge in [0.25, 0.3) is 0 Å². The molecule has 1 atom stereocenters. The molecular weight excluding hydrogens is 194 g/mol. The first-order chi connectivity index (χ1) is 6.66. The average Bonchev–Trinajstić information content (AvgIpc) is 2.93. The van der Waals surface area contributed by atoms with Gasteiger partial charge in [0.1, 0.15) is 0 Å². The van der Waals surface area contributed by atoms with Crippen molar-refractivity contribution in [1.82, 2.24) is 15.1 Å². The number of nitrogens with one attached hydrogen (secondary N) is 1. The molecule has 14 heavy (non-hydrogen) atoms. The summed E-state index contributed by atoms with van der Waals surface area (Å²) < 4.78 is 0. The Bertz CT molecular complexity index is 227. The van der Waals surface area contributed by atoms with Crippen LogP contribution < -0.4 is 5.32 Å². The van der Waals surface area contributed by atoms with Gasteiger partial charge in [0, 0.05) is 31.7 Å². The normalized spacial score (nSPS) is 29.0. The maximum atomic E-state index is 5.38. The van der Waals surface area contributed by atoms with E-state index in [9.17, 15) is 0 Å². The predicted octanol–water partition coefficient (Wildman–Crippen LogP) is 0.659. The molecule has 0 radical (unpaired) electrons. The second kappa shape index (κ2) is 4.03. The van der Waals surface area contributed by atoms with E-state index in [2.05, 4.69) is 29.1 Å². The average molecular weight is 213 g/mol. The number of piperazine rings is 1. The fraction of sp³-hybridized carbons (Fsp3) is 0.900. The van der Waals surface area contributed by atoms with Crippen molar-refractivity contribution in [3.05, 3.63) is 0 Å². The molecule has 1 N–H and O–H groups in total. The van der Waals surface area contributed by atoms with Crippen LogP contribution in [0.1, 0.15) is 19.8 Å². The van der Waals surface area contributed by atoms with Gasteiger partial charge in [-0.25, -0.2) is 0 Å². The largest absolute Gasteiger partial charge is 0.360 e. The summed E-state index contributed by atoms with van der Waals surface area (Å²) in [5.41, 5.74) is 0. The van der Waals surface area contributed by atoms with E-state index in [4.69, 9.17) is 12.2 Å². The van der Waals surface area contributed by atoms with Gasteiger partial charge in [-0.3, -0.25) is 0 Å². The van der Waals surface area contributed by atoms with E-state index >= 15 is 0 Å². The summed E-state index contributed by atoms with van der Waals surface area (Å²) >= 11 is 5.38. The van der Waals surface area contributed by atoms with Crippen molar-refractivity contribution < 1.29 is 0 Å². The van der Waals surface area contributed by atoms with Crippen LogP contribution in [0.5, 0.6) is 0 Å². The lowest BCUT2D eigenvalue weighted by Gasteiger charge is -2.39. The molecule has 1 aliphatic carbocycles. The van der Waals surface area contributed by atoms with Crippen LogP contribution in [0.2, 0.25) is 0 Å². The molecule has 0 bridgehead atoms. The van der Waals surface area contributed by atoms with Gasteiger partial charge in [-0.15, -0.1) is 0 Å². The lowest BCUT2D eigenvalue weighted by atomic mass is 10.2. The lowest BCUT2D eigenvalue weighted by Crippen LogP contribution is -2.54. The molecule has 1 saturated heterocycles. The van der Waals surface area contributed by atoms with Gasteiger partial charge in [-0.1, -0.05) is 0 Å². The Morgan fingerprint density at radius 2 is 2.07 bits per heavy atom. The number of rotatable bonds is 1. The number of hydrogen-bond acceptors (Lipinski definition) is 2. The number of hydrogen-bond donors (Lipinski definition) is 1. The minimum absolute atomic E-state index is 0.614. The van der Waals surface area contributed by atoms with Crippen LogP contribution in [0.4, 0.5) is 0 Å². The van der Waals surface area contributed by atoms with E-state index in [0.29, 0.717) is 12.1 Å². The molecule has 0 amide bonds. The van der Waals surface area contributed by atoms with Gasteiger partial charge in [-0.05, 0) is 39.0 Å². The Balaban J connectivity index is 1.82. The summed E-state index contributed by atoms with van der Waals surface area (Å²) in [6.07, 6.45) is 2.59. The number of nitrogens with zero attached hydrogens (tertiary/aromatic N) is 2. The molecule has 1 aliphatic heterocycles. The second-order valence-corrected chi connectivity index (χ2v) is 4.89. The Morgan fingerprint density at radius 1 is 1.36 bits per heavy atom. The van der Waals surface area contributed by atoms with Crippen molar-refractivity contribution in [2.45, 2.75) is 31.8 Å². The first-order valence-electron chi connectivity index (χ1n) is 5.42. The minimum Gasteiger partial charge on any atom is -0.360 e. The Morgan fingerprint density at radius 3 is 2.64 bits per heavy atom. The first-order valence-corrected chi connectivity index (χ1v) is 5.83. The summed E-state index contributed by atoms with van der Waals surface area (Å²) in [5.74, 6) is 0. The van der Waals surface area contributed by atoms with Gasteiger partial charge in [-0.2, -0.15) is 0 Å². The predicted molar refractivity (Wildman–Crippen MR) is 62.4 cm³/mol. The quantitative estimate of drug-likeness (QED) is 0.645. The van der Waals surface area contributed by atoms with E-state index in [1.54, 1.807) is 0 Å². The van der Waals surface area contributed by atoms with Gasteiger partial charge in [0.2, 0.25) is 0 Å². The van der Waals surface area contributed by atoms with Gasteiger partial charge < -0.3 is 15.1 Å². The Hall–Kier alpha value is -0.350. The fourth-order valence-corrected chi connectivity index (χ4v) is 2.06. The third-order valence-electron chi connectivity index (χ3n) is 3.15. The molecule has 0 aromatic carbocycles. The molecule has 2 rings (SSSR count). The zero-order chi connectivity index (χ0) is 10.1. The summed E-state index contributed by atoms with van der Waals surface area (Å²) in [6.45, 7) is 5.51. The van der Waals surface area contributed by atoms with Crippen molar-refractivity contribution in [2.75, 3.05) is 26.7 Å². The molecule has 1 heterocycles. The zero-order valence-electron chi connectivity index (χ0n) is 8.99. The molecule has 0 spiro atoms. The van der Waals surface area contributed by atoms with Crippen LogP contribution in [0.25, 0.3) is 0 Å². The molecule has 2 aliphatic rings. The van der Waals surface area contributed by atoms with Crippen LogP contribution in [-0.2, 0) is 0 Å². The van der Waals surface area contributed by atoms with Crippen LogP contribution >= 0.6 is 12.2 Å². The van der Waals surface area contributed by atoms with Crippen molar-refractivity contribution >= 4 is 17.3 Å². The van der Waals surface area contributed by atoms with E-state index in [1.165, 1.54) is 12.8 Å². The molecule has 2 fully saturated rings. The van der Waals surface area contributed by atoms with Crippen molar-refractivity contribution in [1.29, 1.82) is 0 Å². The molecule has 1 saturated carbocycles. The summed E-state index contributed by atoms with van der Waals surface area (Å²) in [5, 5.41) is 4.36. The maximum absolute atomic E-state index is 5.38. The number of likely N-dealkylation sites (N-methyl/N-ethyl adjacent to an activating group) is 1. The van der Waals surface area contributed by atoms with E-state index in [0.717, 1.165) is 24.7 Å². The topological polar surface area (TPSA) is 18.5 Å². The molecule has 80 valence electrons. The SMILES string of the molecule is CC1CN(C(=S)NC2CC2)CCN1C. The van der Waals surface area contributed by atoms with Gasteiger partial charge in [0.05, 0.1) is 0 Å². The van der Waals surface area contributed by atoms with E-state index in [1.807, 2.05) is 0 Å². The zero-order valence-corrected chi connectivity index (χ0v) is 9.81. The standard InChI is InChI=1S/C10H19N3S/c1-8-7-13(6-5-12(8)2)10(14)11-9-3-4-9/h8-9H,3-7H2,1-2H3,(H,11,14). The van der Waals surface area contributed by atoms with Crippen molar-refractivity contribution in [2.24, 2.45) is 0 Å². The molecule has 3 nitrogen and oxygen atoms in total.